The van der Waals surface area contributed by atoms with E-state index in [4.69, 9.17) is 5.11 Å². The second-order valence-electron chi connectivity index (χ2n) is 9.86. The molecule has 11 heteroatoms. The van der Waals surface area contributed by atoms with Gasteiger partial charge < -0.3 is 14.8 Å². The molecular formula is C29H26N6O5. The van der Waals surface area contributed by atoms with Crippen LogP contribution in [0.2, 0.25) is 0 Å². The molecule has 0 bridgehead atoms. The van der Waals surface area contributed by atoms with Gasteiger partial charge in [-0.2, -0.15) is 0 Å². The average Bonchev–Trinajstić information content (AvgIpc) is 3.64. The Labute approximate surface area is 228 Å². The van der Waals surface area contributed by atoms with Crippen LogP contribution in [0.4, 0.5) is 0 Å². The van der Waals surface area contributed by atoms with Gasteiger partial charge in [0.15, 0.2) is 5.65 Å². The fraction of sp³-hybridized carbons (Fsp3) is 0.207. The van der Waals surface area contributed by atoms with E-state index in [9.17, 15) is 19.5 Å². The molecule has 2 N–H and O–H groups in total. The molecule has 0 amide bonds. The molecule has 1 atom stereocenters. The number of fused-ring (bicyclic) bond motifs is 1. The smallest absolute Gasteiger partial charge is 0.354 e. The molecule has 0 saturated carbocycles. The summed E-state index contributed by atoms with van der Waals surface area (Å²) in [7, 11) is 1.69. The topological polar surface area (TPSA) is 135 Å². The molecule has 1 aliphatic rings. The Kier molecular flexibility index (Phi) is 6.27. The zero-order chi connectivity index (χ0) is 28.0. The van der Waals surface area contributed by atoms with Gasteiger partial charge >= 0.3 is 17.6 Å². The Morgan fingerprint density at radius 2 is 1.65 bits per heavy atom. The Bertz CT molecular complexity index is 1800. The van der Waals surface area contributed by atoms with Gasteiger partial charge in [-0.05, 0) is 53.9 Å². The van der Waals surface area contributed by atoms with Crippen LogP contribution in [0.15, 0.2) is 77.9 Å². The van der Waals surface area contributed by atoms with Crippen molar-refractivity contribution in [2.45, 2.75) is 19.0 Å². The number of likely N-dealkylation sites (tertiary alicyclic amines) is 1. The normalized spacial score (nSPS) is 15.6. The van der Waals surface area contributed by atoms with Crippen LogP contribution in [0.25, 0.3) is 28.0 Å². The third-order valence-corrected chi connectivity index (χ3v) is 7.51. The molecule has 202 valence electrons. The summed E-state index contributed by atoms with van der Waals surface area (Å²) in [4.78, 5) is 47.4. The maximum atomic E-state index is 13.9. The number of carboxylic acids is 2. The summed E-state index contributed by atoms with van der Waals surface area (Å²) in [6.07, 6.45) is 3.80. The monoisotopic (exact) mass is 538 g/mol. The second kappa shape index (κ2) is 9.93. The number of carbonyl (C=O) groups is 2. The molecule has 0 unspecified atom stereocenters. The summed E-state index contributed by atoms with van der Waals surface area (Å²) in [5.41, 5.74) is 3.96. The van der Waals surface area contributed by atoms with Gasteiger partial charge in [0.05, 0.1) is 35.6 Å². The number of imidazole rings is 2. The third kappa shape index (κ3) is 4.35. The molecule has 6 rings (SSSR count). The van der Waals surface area contributed by atoms with E-state index in [0.29, 0.717) is 30.2 Å². The number of hydrogen-bond donors (Lipinski definition) is 2. The number of aromatic carboxylic acids is 2. The quantitative estimate of drug-likeness (QED) is 0.322. The Hall–Kier alpha value is -5.03. The largest absolute Gasteiger partial charge is 0.478 e. The highest BCUT2D eigenvalue weighted by atomic mass is 16.4. The van der Waals surface area contributed by atoms with Crippen molar-refractivity contribution >= 4 is 23.1 Å². The first-order valence-electron chi connectivity index (χ1n) is 12.8. The van der Waals surface area contributed by atoms with Gasteiger partial charge in [-0.1, -0.05) is 24.3 Å². The maximum Gasteiger partial charge on any atom is 0.354 e. The van der Waals surface area contributed by atoms with Crippen LogP contribution in [0, 0.1) is 0 Å². The van der Waals surface area contributed by atoms with Gasteiger partial charge in [-0.15, -0.1) is 0 Å². The minimum absolute atomic E-state index is 0.0771. The molecule has 1 aliphatic heterocycles. The lowest BCUT2D eigenvalue weighted by molar-refractivity contribution is 0.0679. The molecule has 2 aromatic carbocycles. The summed E-state index contributed by atoms with van der Waals surface area (Å²) < 4.78 is 5.01. The number of carboxylic acid groups (broad SMARTS) is 2. The SMILES string of the molecule is Cn1c(C(=O)O)cnc1CN1CC[C@H](n2c(=O)n(-c3ccc(-c4ccc(C(=O)O)cc4)cc3)c3ncccc32)C1. The summed E-state index contributed by atoms with van der Waals surface area (Å²) in [5, 5.41) is 18.5. The van der Waals surface area contributed by atoms with E-state index < -0.39 is 11.9 Å². The van der Waals surface area contributed by atoms with Crippen molar-refractivity contribution in [3.8, 4) is 16.8 Å². The lowest BCUT2D eigenvalue weighted by Crippen LogP contribution is -2.29. The van der Waals surface area contributed by atoms with Crippen LogP contribution in [-0.4, -0.2) is 63.8 Å². The molecule has 40 heavy (non-hydrogen) atoms. The molecule has 0 aliphatic carbocycles. The van der Waals surface area contributed by atoms with E-state index >= 15 is 0 Å². The standard InChI is InChI=1S/C29H26N6O5/c1-32-24(28(38)39)15-31-25(32)17-33-14-12-22(16-33)34-23-3-2-13-30-26(23)35(29(34)40)21-10-8-19(9-11-21)18-4-6-20(7-5-18)27(36)37/h2-11,13,15,22H,12,14,16-17H2,1H3,(H,36,37)(H,38,39)/t22-/m0/s1. The fourth-order valence-corrected chi connectivity index (χ4v) is 5.40. The van der Waals surface area contributed by atoms with E-state index in [1.54, 1.807) is 46.6 Å². The van der Waals surface area contributed by atoms with E-state index in [1.807, 2.05) is 41.0 Å². The van der Waals surface area contributed by atoms with Crippen molar-refractivity contribution < 1.29 is 19.8 Å². The lowest BCUT2D eigenvalue weighted by atomic mass is 10.0. The van der Waals surface area contributed by atoms with Gasteiger partial charge in [-0.3, -0.25) is 9.47 Å². The first kappa shape index (κ1) is 25.3. The number of benzene rings is 2. The number of rotatable bonds is 7. The molecular weight excluding hydrogens is 512 g/mol. The number of nitrogens with zero attached hydrogens (tertiary/aromatic N) is 6. The van der Waals surface area contributed by atoms with Crippen molar-refractivity contribution in [3.05, 3.63) is 101 Å². The predicted molar refractivity (Wildman–Crippen MR) is 147 cm³/mol. The molecule has 5 aromatic rings. The van der Waals surface area contributed by atoms with E-state index in [1.165, 1.54) is 6.20 Å². The highest BCUT2D eigenvalue weighted by Crippen LogP contribution is 2.28. The number of pyridine rings is 1. The van der Waals surface area contributed by atoms with E-state index in [2.05, 4.69) is 14.9 Å². The minimum atomic E-state index is -1.02. The van der Waals surface area contributed by atoms with Crippen LogP contribution in [-0.2, 0) is 13.6 Å². The first-order valence-corrected chi connectivity index (χ1v) is 12.8. The Morgan fingerprint density at radius 1 is 0.950 bits per heavy atom. The predicted octanol–water partition coefficient (Wildman–Crippen LogP) is 3.43. The summed E-state index contributed by atoms with van der Waals surface area (Å²) >= 11 is 0. The van der Waals surface area contributed by atoms with E-state index in [0.717, 1.165) is 29.6 Å². The summed E-state index contributed by atoms with van der Waals surface area (Å²) in [5.74, 6) is -1.33. The molecule has 4 heterocycles. The second-order valence-corrected chi connectivity index (χ2v) is 9.86. The third-order valence-electron chi connectivity index (χ3n) is 7.51. The molecule has 3 aromatic heterocycles. The number of aromatic nitrogens is 5. The minimum Gasteiger partial charge on any atom is -0.478 e. The zero-order valence-corrected chi connectivity index (χ0v) is 21.6. The number of hydrogen-bond acceptors (Lipinski definition) is 6. The highest BCUT2D eigenvalue weighted by Gasteiger charge is 2.29. The van der Waals surface area contributed by atoms with Crippen molar-refractivity contribution in [1.82, 2.24) is 28.6 Å². The van der Waals surface area contributed by atoms with Crippen LogP contribution >= 0.6 is 0 Å². The van der Waals surface area contributed by atoms with Crippen LogP contribution in [0.5, 0.6) is 0 Å². The van der Waals surface area contributed by atoms with Crippen molar-refractivity contribution in [3.63, 3.8) is 0 Å². The van der Waals surface area contributed by atoms with Gasteiger partial charge in [-0.25, -0.2) is 28.9 Å². The molecule has 0 spiro atoms. The fourth-order valence-electron chi connectivity index (χ4n) is 5.40. The Morgan fingerprint density at radius 3 is 2.30 bits per heavy atom. The molecule has 1 saturated heterocycles. The zero-order valence-electron chi connectivity index (χ0n) is 21.6. The van der Waals surface area contributed by atoms with Crippen LogP contribution in [0.3, 0.4) is 0 Å². The van der Waals surface area contributed by atoms with Crippen LogP contribution < -0.4 is 5.69 Å². The summed E-state index contributed by atoms with van der Waals surface area (Å²) in [6, 6.07) is 17.8. The maximum absolute atomic E-state index is 13.9. The first-order chi connectivity index (χ1) is 19.3. The van der Waals surface area contributed by atoms with Gasteiger partial charge in [0, 0.05) is 26.3 Å². The summed E-state index contributed by atoms with van der Waals surface area (Å²) in [6.45, 7) is 1.85. The van der Waals surface area contributed by atoms with Crippen molar-refractivity contribution in [2.75, 3.05) is 13.1 Å². The Balaban J connectivity index is 1.29. The van der Waals surface area contributed by atoms with Crippen LogP contribution in [0.1, 0.15) is 39.1 Å². The van der Waals surface area contributed by atoms with E-state index in [-0.39, 0.29) is 23.0 Å². The van der Waals surface area contributed by atoms with Gasteiger partial charge in [0.25, 0.3) is 0 Å². The van der Waals surface area contributed by atoms with Crippen molar-refractivity contribution in [2.24, 2.45) is 7.05 Å². The van der Waals surface area contributed by atoms with Gasteiger partial charge in [0.1, 0.15) is 11.5 Å². The molecule has 0 radical (unpaired) electrons. The van der Waals surface area contributed by atoms with Crippen molar-refractivity contribution in [1.29, 1.82) is 0 Å². The lowest BCUT2D eigenvalue weighted by Gasteiger charge is -2.16. The highest BCUT2D eigenvalue weighted by molar-refractivity contribution is 5.88. The molecule has 1 fully saturated rings. The van der Waals surface area contributed by atoms with Gasteiger partial charge in [0.2, 0.25) is 0 Å². The molecule has 11 nitrogen and oxygen atoms in total. The average molecular weight is 539 g/mol.